The summed E-state index contributed by atoms with van der Waals surface area (Å²) in [6.07, 6.45) is 2.35. The molecule has 2 aliphatic heterocycles. The largest absolute Gasteiger partial charge is 0.371 e. The van der Waals surface area contributed by atoms with Crippen molar-refractivity contribution in [2.75, 3.05) is 13.2 Å². The van der Waals surface area contributed by atoms with Gasteiger partial charge >= 0.3 is 0 Å². The molecule has 0 bridgehead atoms. The molecule has 1 aromatic carbocycles. The van der Waals surface area contributed by atoms with Crippen LogP contribution in [0.3, 0.4) is 0 Å². The van der Waals surface area contributed by atoms with Crippen LogP contribution in [0.15, 0.2) is 30.5 Å². The summed E-state index contributed by atoms with van der Waals surface area (Å²) in [4.78, 5) is 26.5. The molecule has 4 rings (SSSR count). The van der Waals surface area contributed by atoms with Crippen LogP contribution in [0.2, 0.25) is 0 Å². The summed E-state index contributed by atoms with van der Waals surface area (Å²) < 4.78 is 7.64. The van der Waals surface area contributed by atoms with Crippen molar-refractivity contribution in [2.45, 2.75) is 32.0 Å². The van der Waals surface area contributed by atoms with Crippen LogP contribution >= 0.6 is 0 Å². The minimum Gasteiger partial charge on any atom is -0.371 e. The molecule has 1 saturated heterocycles. The van der Waals surface area contributed by atoms with Crippen LogP contribution in [0, 0.1) is 6.92 Å². The summed E-state index contributed by atoms with van der Waals surface area (Å²) in [5, 5.41) is 7.30. The second-order valence-corrected chi connectivity index (χ2v) is 6.88. The number of hydrogen-bond donors (Lipinski definition) is 1. The zero-order valence-electron chi connectivity index (χ0n) is 14.9. The van der Waals surface area contributed by atoms with Gasteiger partial charge in [-0.1, -0.05) is 18.2 Å². The third kappa shape index (κ3) is 2.88. The maximum absolute atomic E-state index is 12.5. The van der Waals surface area contributed by atoms with Crippen LogP contribution < -0.4 is 5.32 Å². The Morgan fingerprint density at radius 1 is 1.38 bits per heavy atom. The number of nitrogens with zero attached hydrogens (tertiary/aromatic N) is 3. The average Bonchev–Trinajstić information content (AvgIpc) is 3.29. The normalized spacial score (nSPS) is 21.9. The first-order valence-electron chi connectivity index (χ1n) is 8.81. The van der Waals surface area contributed by atoms with Gasteiger partial charge in [-0.05, 0) is 25.0 Å². The molecule has 26 heavy (non-hydrogen) atoms. The van der Waals surface area contributed by atoms with Gasteiger partial charge in [-0.2, -0.15) is 5.10 Å². The summed E-state index contributed by atoms with van der Waals surface area (Å²) in [5.74, 6) is -0.244. The van der Waals surface area contributed by atoms with Gasteiger partial charge in [0.15, 0.2) is 0 Å². The number of amides is 2. The molecule has 2 aromatic rings. The Morgan fingerprint density at radius 3 is 2.92 bits per heavy atom. The molecule has 3 heterocycles. The molecule has 2 atom stereocenters. The van der Waals surface area contributed by atoms with Gasteiger partial charge in [0.05, 0.1) is 12.2 Å². The number of benzene rings is 1. The number of carbonyl (C=O) groups excluding carboxylic acids is 2. The Hall–Kier alpha value is -2.67. The van der Waals surface area contributed by atoms with Crippen LogP contribution in [0.4, 0.5) is 0 Å². The van der Waals surface area contributed by atoms with Crippen LogP contribution in [-0.2, 0) is 23.1 Å². The van der Waals surface area contributed by atoms with Gasteiger partial charge in [0.1, 0.15) is 12.6 Å². The lowest BCUT2D eigenvalue weighted by Gasteiger charge is -2.22. The third-order valence-corrected chi connectivity index (χ3v) is 5.25. The van der Waals surface area contributed by atoms with E-state index in [1.54, 1.807) is 15.8 Å². The lowest BCUT2D eigenvalue weighted by molar-refractivity contribution is -0.123. The standard InChI is InChI=1S/C19H22N4O3/c1-12-15(9-20-22(12)2)18-16(7-8-26-18)21-17(24)11-23-10-13-5-3-4-6-14(13)19(23)25/h3-6,9,16,18H,7-8,10-11H2,1-2H3,(H,21,24)/t16-,18+/m0/s1. The fourth-order valence-electron chi connectivity index (χ4n) is 3.71. The van der Waals surface area contributed by atoms with E-state index in [2.05, 4.69) is 10.4 Å². The maximum Gasteiger partial charge on any atom is 0.254 e. The minimum atomic E-state index is -0.195. The zero-order valence-corrected chi connectivity index (χ0v) is 14.9. The van der Waals surface area contributed by atoms with Crippen molar-refractivity contribution >= 4 is 11.8 Å². The van der Waals surface area contributed by atoms with Crippen LogP contribution in [0.1, 0.15) is 39.7 Å². The molecular formula is C19H22N4O3. The minimum absolute atomic E-state index is 0.0583. The van der Waals surface area contributed by atoms with Crippen LogP contribution in [0.5, 0.6) is 0 Å². The summed E-state index contributed by atoms with van der Waals surface area (Å²) in [5.41, 5.74) is 3.69. The predicted molar refractivity (Wildman–Crippen MR) is 94.4 cm³/mol. The van der Waals surface area contributed by atoms with E-state index in [0.717, 1.165) is 23.2 Å². The second kappa shape index (κ2) is 6.57. The van der Waals surface area contributed by atoms with Crippen molar-refractivity contribution in [3.05, 3.63) is 52.8 Å². The summed E-state index contributed by atoms with van der Waals surface area (Å²) >= 11 is 0. The Morgan fingerprint density at radius 2 is 2.19 bits per heavy atom. The van der Waals surface area contributed by atoms with Gasteiger partial charge in [0, 0.05) is 37.0 Å². The van der Waals surface area contributed by atoms with Gasteiger partial charge in [-0.25, -0.2) is 0 Å². The van der Waals surface area contributed by atoms with Crippen molar-refractivity contribution in [2.24, 2.45) is 7.05 Å². The third-order valence-electron chi connectivity index (χ3n) is 5.25. The Bertz CT molecular complexity index is 860. The highest BCUT2D eigenvalue weighted by Gasteiger charge is 2.34. The first kappa shape index (κ1) is 16.8. The number of ether oxygens (including phenoxy) is 1. The van der Waals surface area contributed by atoms with E-state index in [1.165, 1.54) is 0 Å². The maximum atomic E-state index is 12.5. The van der Waals surface area contributed by atoms with E-state index in [1.807, 2.05) is 38.2 Å². The fraction of sp³-hybridized carbons (Fsp3) is 0.421. The molecule has 0 saturated carbocycles. The van der Waals surface area contributed by atoms with Crippen LogP contribution in [0.25, 0.3) is 0 Å². The van der Waals surface area contributed by atoms with Crippen molar-refractivity contribution in [3.63, 3.8) is 0 Å². The molecule has 7 nitrogen and oxygen atoms in total. The summed E-state index contributed by atoms with van der Waals surface area (Å²) in [6, 6.07) is 7.38. The highest BCUT2D eigenvalue weighted by atomic mass is 16.5. The number of hydrogen-bond acceptors (Lipinski definition) is 4. The number of aryl methyl sites for hydroxylation is 1. The van der Waals surface area contributed by atoms with Gasteiger partial charge in [0.2, 0.25) is 5.91 Å². The van der Waals surface area contributed by atoms with Crippen molar-refractivity contribution in [1.82, 2.24) is 20.0 Å². The highest BCUT2D eigenvalue weighted by Crippen LogP contribution is 2.31. The van der Waals surface area contributed by atoms with Crippen molar-refractivity contribution in [1.29, 1.82) is 0 Å². The fourth-order valence-corrected chi connectivity index (χ4v) is 3.71. The average molecular weight is 354 g/mol. The van der Waals surface area contributed by atoms with Crippen LogP contribution in [-0.4, -0.2) is 45.7 Å². The SMILES string of the molecule is Cc1c([C@H]2OCC[C@@H]2NC(=O)CN2Cc3ccccc3C2=O)cnn1C. The van der Waals surface area contributed by atoms with E-state index < -0.39 is 0 Å². The molecule has 0 aliphatic carbocycles. The highest BCUT2D eigenvalue weighted by molar-refractivity contribution is 6.00. The monoisotopic (exact) mass is 354 g/mol. The second-order valence-electron chi connectivity index (χ2n) is 6.88. The van der Waals surface area contributed by atoms with Crippen molar-refractivity contribution in [3.8, 4) is 0 Å². The van der Waals surface area contributed by atoms with Gasteiger partial charge in [-0.3, -0.25) is 14.3 Å². The molecule has 0 unspecified atom stereocenters. The molecule has 136 valence electrons. The number of nitrogens with one attached hydrogen (secondary N) is 1. The number of aromatic nitrogens is 2. The lowest BCUT2D eigenvalue weighted by atomic mass is 10.0. The number of carbonyl (C=O) groups is 2. The molecule has 0 spiro atoms. The molecule has 1 fully saturated rings. The molecule has 1 N–H and O–H groups in total. The van der Waals surface area contributed by atoms with E-state index >= 15 is 0 Å². The van der Waals surface area contributed by atoms with E-state index in [0.29, 0.717) is 18.7 Å². The zero-order chi connectivity index (χ0) is 18.3. The molecule has 0 radical (unpaired) electrons. The Balaban J connectivity index is 1.41. The van der Waals surface area contributed by atoms with Crippen molar-refractivity contribution < 1.29 is 14.3 Å². The first-order valence-corrected chi connectivity index (χ1v) is 8.81. The Labute approximate surface area is 151 Å². The predicted octanol–water partition coefficient (Wildman–Crippen LogP) is 1.33. The number of rotatable bonds is 4. The number of fused-ring (bicyclic) bond motifs is 1. The molecule has 2 aliphatic rings. The summed E-state index contributed by atoms with van der Waals surface area (Å²) in [7, 11) is 1.89. The quantitative estimate of drug-likeness (QED) is 0.899. The first-order chi connectivity index (χ1) is 12.5. The van der Waals surface area contributed by atoms with E-state index in [9.17, 15) is 9.59 Å². The molecular weight excluding hydrogens is 332 g/mol. The topological polar surface area (TPSA) is 76.5 Å². The van der Waals surface area contributed by atoms with Gasteiger partial charge in [-0.15, -0.1) is 0 Å². The van der Waals surface area contributed by atoms with E-state index in [-0.39, 0.29) is 30.5 Å². The molecule has 2 amide bonds. The molecule has 1 aromatic heterocycles. The van der Waals surface area contributed by atoms with Gasteiger partial charge in [0.25, 0.3) is 5.91 Å². The summed E-state index contributed by atoms with van der Waals surface area (Å²) in [6.45, 7) is 3.12. The smallest absolute Gasteiger partial charge is 0.254 e. The molecule has 7 heteroatoms. The van der Waals surface area contributed by atoms with E-state index in [4.69, 9.17) is 4.74 Å². The van der Waals surface area contributed by atoms with Gasteiger partial charge < -0.3 is 15.0 Å². The lowest BCUT2D eigenvalue weighted by Crippen LogP contribution is -2.43. The Kier molecular flexibility index (Phi) is 4.24.